The molecule has 0 bridgehead atoms. The average Bonchev–Trinajstić information content (AvgIpc) is 2.21. The second-order valence-corrected chi connectivity index (χ2v) is 3.97. The van der Waals surface area contributed by atoms with Gasteiger partial charge in [0.2, 0.25) is 0 Å². The molecule has 1 aliphatic carbocycles. The van der Waals surface area contributed by atoms with Crippen molar-refractivity contribution in [3.63, 3.8) is 0 Å². The molecule has 0 radical (unpaired) electrons. The van der Waals surface area contributed by atoms with E-state index in [9.17, 15) is 0 Å². The molecule has 1 aliphatic heterocycles. The van der Waals surface area contributed by atoms with Crippen LogP contribution in [0.3, 0.4) is 0 Å². The van der Waals surface area contributed by atoms with E-state index >= 15 is 0 Å². The molecule has 2 aliphatic rings. The molecule has 1 saturated heterocycles. The van der Waals surface area contributed by atoms with Gasteiger partial charge in [-0.05, 0) is 31.7 Å². The zero-order chi connectivity index (χ0) is 7.14. The third-order valence-corrected chi connectivity index (χ3v) is 2.97. The van der Waals surface area contributed by atoms with Gasteiger partial charge in [-0.25, -0.2) is 0 Å². The van der Waals surface area contributed by atoms with Crippen LogP contribution in [-0.2, 0) is 0 Å². The fraction of sp³-hybridized carbons (Fsp3) is 1.00. The summed E-state index contributed by atoms with van der Waals surface area (Å²) >= 11 is 0. The second-order valence-electron chi connectivity index (χ2n) is 3.97. The number of fused-ring (bicyclic) bond motifs is 1. The summed E-state index contributed by atoms with van der Waals surface area (Å²) in [7, 11) is 2.21. The van der Waals surface area contributed by atoms with Crippen molar-refractivity contribution >= 4 is 0 Å². The lowest BCUT2D eigenvalue weighted by atomic mass is 10.0. The van der Waals surface area contributed by atoms with Gasteiger partial charge in [0.25, 0.3) is 0 Å². The van der Waals surface area contributed by atoms with Crippen molar-refractivity contribution in [2.75, 3.05) is 20.1 Å². The molecule has 0 aromatic carbocycles. The van der Waals surface area contributed by atoms with E-state index in [0.717, 1.165) is 11.8 Å². The number of likely N-dealkylation sites (tertiary alicyclic amines) is 1. The quantitative estimate of drug-likeness (QED) is 0.524. The van der Waals surface area contributed by atoms with Crippen LogP contribution in [-0.4, -0.2) is 31.1 Å². The SMILES string of the molecule is CN1C[C@H]2CC(N)C[C@H]2C1. The maximum Gasteiger partial charge on any atom is 0.00452 e. The third-order valence-electron chi connectivity index (χ3n) is 2.97. The zero-order valence-electron chi connectivity index (χ0n) is 6.59. The van der Waals surface area contributed by atoms with Crippen molar-refractivity contribution in [1.82, 2.24) is 4.90 Å². The summed E-state index contributed by atoms with van der Waals surface area (Å²) in [5.74, 6) is 1.86. The first-order chi connectivity index (χ1) is 4.75. The van der Waals surface area contributed by atoms with Gasteiger partial charge in [0.05, 0.1) is 0 Å². The second kappa shape index (κ2) is 2.21. The van der Waals surface area contributed by atoms with Gasteiger partial charge in [-0.1, -0.05) is 0 Å². The lowest BCUT2D eigenvalue weighted by Crippen LogP contribution is -2.22. The van der Waals surface area contributed by atoms with Crippen LogP contribution < -0.4 is 5.73 Å². The average molecular weight is 140 g/mol. The van der Waals surface area contributed by atoms with Crippen LogP contribution in [0.4, 0.5) is 0 Å². The Kier molecular flexibility index (Phi) is 1.46. The highest BCUT2D eigenvalue weighted by molar-refractivity contribution is 4.92. The molecule has 0 aromatic heterocycles. The van der Waals surface area contributed by atoms with E-state index < -0.39 is 0 Å². The van der Waals surface area contributed by atoms with Crippen LogP contribution in [0.1, 0.15) is 12.8 Å². The number of hydrogen-bond donors (Lipinski definition) is 1. The highest BCUT2D eigenvalue weighted by atomic mass is 15.1. The molecule has 1 saturated carbocycles. The summed E-state index contributed by atoms with van der Waals surface area (Å²) in [5.41, 5.74) is 5.85. The minimum atomic E-state index is 0.517. The van der Waals surface area contributed by atoms with E-state index in [1.165, 1.54) is 25.9 Å². The zero-order valence-corrected chi connectivity index (χ0v) is 6.59. The van der Waals surface area contributed by atoms with Crippen molar-refractivity contribution in [2.45, 2.75) is 18.9 Å². The summed E-state index contributed by atoms with van der Waals surface area (Å²) in [6.45, 7) is 2.58. The van der Waals surface area contributed by atoms with E-state index in [1.807, 2.05) is 0 Å². The molecule has 0 spiro atoms. The van der Waals surface area contributed by atoms with Crippen molar-refractivity contribution < 1.29 is 0 Å². The summed E-state index contributed by atoms with van der Waals surface area (Å²) in [5, 5.41) is 0. The highest BCUT2D eigenvalue weighted by Crippen LogP contribution is 2.36. The van der Waals surface area contributed by atoms with Crippen molar-refractivity contribution in [3.8, 4) is 0 Å². The van der Waals surface area contributed by atoms with Gasteiger partial charge in [-0.3, -0.25) is 0 Å². The fourth-order valence-electron chi connectivity index (χ4n) is 2.58. The third kappa shape index (κ3) is 0.956. The Labute approximate surface area is 62.4 Å². The summed E-state index contributed by atoms with van der Waals surface area (Å²) < 4.78 is 0. The normalized spacial score (nSPS) is 48.0. The van der Waals surface area contributed by atoms with E-state index in [2.05, 4.69) is 11.9 Å². The van der Waals surface area contributed by atoms with E-state index in [0.29, 0.717) is 6.04 Å². The van der Waals surface area contributed by atoms with Crippen LogP contribution in [0.15, 0.2) is 0 Å². The van der Waals surface area contributed by atoms with Crippen molar-refractivity contribution in [2.24, 2.45) is 17.6 Å². The number of rotatable bonds is 0. The Morgan fingerprint density at radius 2 is 1.70 bits per heavy atom. The molecule has 2 nitrogen and oxygen atoms in total. The van der Waals surface area contributed by atoms with Crippen LogP contribution in [0.2, 0.25) is 0 Å². The Morgan fingerprint density at radius 1 is 1.20 bits per heavy atom. The summed E-state index contributed by atoms with van der Waals surface area (Å²) in [4.78, 5) is 2.43. The topological polar surface area (TPSA) is 29.3 Å². The van der Waals surface area contributed by atoms with Gasteiger partial charge in [-0.15, -0.1) is 0 Å². The van der Waals surface area contributed by atoms with E-state index in [-0.39, 0.29) is 0 Å². The molecule has 2 N–H and O–H groups in total. The first-order valence-electron chi connectivity index (χ1n) is 4.20. The minimum Gasteiger partial charge on any atom is -0.328 e. The Hall–Kier alpha value is -0.0800. The maximum atomic E-state index is 5.85. The van der Waals surface area contributed by atoms with Gasteiger partial charge in [0.1, 0.15) is 0 Å². The van der Waals surface area contributed by atoms with E-state index in [1.54, 1.807) is 0 Å². The van der Waals surface area contributed by atoms with Crippen LogP contribution in [0, 0.1) is 11.8 Å². The molecule has 58 valence electrons. The monoisotopic (exact) mass is 140 g/mol. The van der Waals surface area contributed by atoms with Gasteiger partial charge in [0.15, 0.2) is 0 Å². The Bertz CT molecular complexity index is 107. The van der Waals surface area contributed by atoms with Crippen molar-refractivity contribution in [1.29, 1.82) is 0 Å². The molecule has 3 atom stereocenters. The molecule has 1 heterocycles. The lowest BCUT2D eigenvalue weighted by molar-refractivity contribution is 0.371. The van der Waals surface area contributed by atoms with Gasteiger partial charge < -0.3 is 10.6 Å². The molecule has 0 aromatic rings. The number of nitrogens with zero attached hydrogens (tertiary/aromatic N) is 1. The maximum absolute atomic E-state index is 5.85. The summed E-state index contributed by atoms with van der Waals surface area (Å²) in [6.07, 6.45) is 2.55. The Balaban J connectivity index is 2.00. The molecule has 2 fully saturated rings. The first-order valence-corrected chi connectivity index (χ1v) is 4.20. The lowest BCUT2D eigenvalue weighted by Gasteiger charge is -2.09. The van der Waals surface area contributed by atoms with Crippen molar-refractivity contribution in [3.05, 3.63) is 0 Å². The van der Waals surface area contributed by atoms with Gasteiger partial charge in [-0.2, -0.15) is 0 Å². The summed E-state index contributed by atoms with van der Waals surface area (Å²) in [6, 6.07) is 0.517. The van der Waals surface area contributed by atoms with Gasteiger partial charge in [0, 0.05) is 19.1 Å². The van der Waals surface area contributed by atoms with Crippen LogP contribution in [0.5, 0.6) is 0 Å². The molecule has 10 heavy (non-hydrogen) atoms. The number of hydrogen-bond acceptors (Lipinski definition) is 2. The predicted molar refractivity (Wildman–Crippen MR) is 41.7 cm³/mol. The largest absolute Gasteiger partial charge is 0.328 e. The Morgan fingerprint density at radius 3 is 2.20 bits per heavy atom. The molecule has 2 rings (SSSR count). The van der Waals surface area contributed by atoms with Gasteiger partial charge >= 0.3 is 0 Å². The molecular weight excluding hydrogens is 124 g/mol. The van der Waals surface area contributed by atoms with Crippen LogP contribution >= 0.6 is 0 Å². The highest BCUT2D eigenvalue weighted by Gasteiger charge is 2.37. The van der Waals surface area contributed by atoms with E-state index in [4.69, 9.17) is 5.73 Å². The standard InChI is InChI=1S/C8H16N2/c1-10-4-6-2-8(9)3-7(6)5-10/h6-8H,2-5,9H2,1H3/t6-,7+,8?. The molecule has 2 heteroatoms. The molecular formula is C8H16N2. The number of nitrogens with two attached hydrogens (primary N) is 1. The minimum absolute atomic E-state index is 0.517. The van der Waals surface area contributed by atoms with Crippen LogP contribution in [0.25, 0.3) is 0 Å². The smallest absolute Gasteiger partial charge is 0.00452 e. The molecule has 1 unspecified atom stereocenters. The first kappa shape index (κ1) is 6.62. The molecule has 0 amide bonds. The predicted octanol–water partition coefficient (Wildman–Crippen LogP) is 0.285. The fourth-order valence-corrected chi connectivity index (χ4v) is 2.58.